The van der Waals surface area contributed by atoms with Crippen molar-refractivity contribution in [3.8, 4) is 5.82 Å². The summed E-state index contributed by atoms with van der Waals surface area (Å²) in [5.41, 5.74) is 9.11. The van der Waals surface area contributed by atoms with Gasteiger partial charge in [-0.15, -0.1) is 0 Å². The highest BCUT2D eigenvalue weighted by atomic mass is 16.5. The van der Waals surface area contributed by atoms with Crippen LogP contribution in [0.2, 0.25) is 0 Å². The van der Waals surface area contributed by atoms with E-state index in [0.717, 1.165) is 49.4 Å². The Morgan fingerprint density at radius 3 is 2.88 bits per heavy atom. The van der Waals surface area contributed by atoms with Crippen LogP contribution in [0.3, 0.4) is 0 Å². The monoisotopic (exact) mass is 454 g/mol. The molecular formula is C28H30N4O2. The maximum atomic E-state index is 11.7. The molecule has 0 saturated heterocycles. The van der Waals surface area contributed by atoms with Crippen molar-refractivity contribution in [3.05, 3.63) is 93.6 Å². The fraction of sp³-hybridized carbons (Fsp3) is 0.321. The van der Waals surface area contributed by atoms with Crippen LogP contribution in [0.25, 0.3) is 11.4 Å². The van der Waals surface area contributed by atoms with Gasteiger partial charge >= 0.3 is 0 Å². The van der Waals surface area contributed by atoms with Crippen molar-refractivity contribution in [2.45, 2.75) is 53.2 Å². The molecule has 0 fully saturated rings. The second-order valence-electron chi connectivity index (χ2n) is 9.08. The molecule has 6 heteroatoms. The Labute approximate surface area is 200 Å². The number of benzene rings is 1. The van der Waals surface area contributed by atoms with Crippen LogP contribution in [-0.2, 0) is 24.3 Å². The van der Waals surface area contributed by atoms with Crippen molar-refractivity contribution in [2.24, 2.45) is 0 Å². The summed E-state index contributed by atoms with van der Waals surface area (Å²) in [6.45, 7) is 8.41. The van der Waals surface area contributed by atoms with Gasteiger partial charge in [0.2, 0.25) is 0 Å². The first-order valence-electron chi connectivity index (χ1n) is 11.9. The Morgan fingerprint density at radius 1 is 1.18 bits per heavy atom. The van der Waals surface area contributed by atoms with Crippen LogP contribution >= 0.6 is 0 Å². The van der Waals surface area contributed by atoms with Crippen LogP contribution < -0.4 is 5.32 Å². The van der Waals surface area contributed by atoms with E-state index >= 15 is 0 Å². The predicted octanol–water partition coefficient (Wildman–Crippen LogP) is 5.09. The highest BCUT2D eigenvalue weighted by molar-refractivity contribution is 5.93. The zero-order valence-electron chi connectivity index (χ0n) is 20.0. The molecular weight excluding hydrogens is 424 g/mol. The van der Waals surface area contributed by atoms with E-state index in [2.05, 4.69) is 42.5 Å². The molecule has 1 aromatic carbocycles. The number of nitrogens with zero attached hydrogens (tertiary/aromatic N) is 3. The number of fused-ring (bicyclic) bond motifs is 1. The molecule has 0 amide bonds. The summed E-state index contributed by atoms with van der Waals surface area (Å²) in [5.74, 6) is 1.58. The largest absolute Gasteiger partial charge is 0.488 e. The summed E-state index contributed by atoms with van der Waals surface area (Å²) in [7, 11) is 0. The minimum Gasteiger partial charge on any atom is -0.488 e. The van der Waals surface area contributed by atoms with Gasteiger partial charge in [0.1, 0.15) is 12.4 Å². The molecule has 1 aliphatic heterocycles. The highest BCUT2D eigenvalue weighted by Gasteiger charge is 2.20. The Bertz CT molecular complexity index is 1320. The molecule has 0 unspecified atom stereocenters. The van der Waals surface area contributed by atoms with Crippen molar-refractivity contribution in [3.63, 3.8) is 0 Å². The lowest BCUT2D eigenvalue weighted by Gasteiger charge is -2.24. The molecule has 0 radical (unpaired) electrons. The highest BCUT2D eigenvalue weighted by Crippen LogP contribution is 2.34. The number of ether oxygens (including phenoxy) is 1. The Morgan fingerprint density at radius 2 is 2.06 bits per heavy atom. The van der Waals surface area contributed by atoms with Gasteiger partial charge < -0.3 is 10.1 Å². The fourth-order valence-electron chi connectivity index (χ4n) is 4.74. The molecule has 1 aliphatic carbocycles. The third kappa shape index (κ3) is 4.33. The van der Waals surface area contributed by atoms with Gasteiger partial charge in [-0.05, 0) is 86.5 Å². The lowest BCUT2D eigenvalue weighted by atomic mass is 9.92. The number of hydrogen-bond acceptors (Lipinski definition) is 5. The lowest BCUT2D eigenvalue weighted by Crippen LogP contribution is -2.24. The van der Waals surface area contributed by atoms with E-state index in [1.54, 1.807) is 17.1 Å². The molecule has 5 rings (SSSR count). The smallest absolute Gasteiger partial charge is 0.162 e. The van der Waals surface area contributed by atoms with E-state index in [1.165, 1.54) is 34.8 Å². The zero-order chi connectivity index (χ0) is 23.7. The lowest BCUT2D eigenvalue weighted by molar-refractivity contribution is 0.101. The first-order chi connectivity index (χ1) is 16.5. The summed E-state index contributed by atoms with van der Waals surface area (Å²) in [5, 5.41) is 7.76. The number of carbonyl (C=O) groups is 1. The first-order valence-corrected chi connectivity index (χ1v) is 11.9. The summed E-state index contributed by atoms with van der Waals surface area (Å²) < 4.78 is 8.13. The minimum absolute atomic E-state index is 0.0135. The average molecular weight is 455 g/mol. The van der Waals surface area contributed by atoms with Gasteiger partial charge in [0, 0.05) is 18.3 Å². The number of hydrogen-bond donors (Lipinski definition) is 1. The second kappa shape index (κ2) is 9.39. The third-order valence-corrected chi connectivity index (χ3v) is 6.78. The van der Waals surface area contributed by atoms with Crippen molar-refractivity contribution in [1.82, 2.24) is 20.1 Å². The maximum absolute atomic E-state index is 11.7. The molecule has 0 saturated carbocycles. The third-order valence-electron chi connectivity index (χ3n) is 6.78. The molecule has 6 nitrogen and oxygen atoms in total. The number of ketones is 1. The van der Waals surface area contributed by atoms with Gasteiger partial charge in [-0.25, -0.2) is 9.67 Å². The normalized spacial score (nSPS) is 15.7. The molecule has 2 aromatic heterocycles. The van der Waals surface area contributed by atoms with Crippen molar-refractivity contribution < 1.29 is 9.53 Å². The van der Waals surface area contributed by atoms with Crippen LogP contribution in [0.15, 0.2) is 60.1 Å². The van der Waals surface area contributed by atoms with Crippen LogP contribution in [0, 0.1) is 6.92 Å². The molecule has 3 aromatic rings. The van der Waals surface area contributed by atoms with E-state index in [-0.39, 0.29) is 5.78 Å². The Balaban J connectivity index is 1.40. The van der Waals surface area contributed by atoms with E-state index in [1.807, 2.05) is 18.2 Å². The van der Waals surface area contributed by atoms with Crippen LogP contribution in [0.4, 0.5) is 0 Å². The zero-order valence-corrected chi connectivity index (χ0v) is 20.0. The van der Waals surface area contributed by atoms with Crippen molar-refractivity contribution in [1.29, 1.82) is 0 Å². The summed E-state index contributed by atoms with van der Waals surface area (Å²) in [4.78, 5) is 16.5. The number of nitrogens with one attached hydrogen (secondary N) is 1. The van der Waals surface area contributed by atoms with E-state index < -0.39 is 0 Å². The summed E-state index contributed by atoms with van der Waals surface area (Å²) in [6, 6.07) is 10.3. The predicted molar refractivity (Wildman–Crippen MR) is 133 cm³/mol. The van der Waals surface area contributed by atoms with Crippen LogP contribution in [0.1, 0.15) is 65.0 Å². The molecule has 1 N–H and O–H groups in total. The number of carbonyl (C=O) groups excluding carboxylic acids is 1. The number of Topliss-reactive ketones (excluding diaryl/α,β-unsaturated/α-hetero) is 1. The van der Waals surface area contributed by atoms with Crippen molar-refractivity contribution in [2.75, 3.05) is 6.54 Å². The number of allylic oxidation sites excluding steroid dienone is 3. The molecule has 3 heterocycles. The number of pyridine rings is 1. The van der Waals surface area contributed by atoms with Crippen LogP contribution in [-0.4, -0.2) is 27.1 Å². The average Bonchev–Trinajstić information content (AvgIpc) is 3.35. The van der Waals surface area contributed by atoms with Gasteiger partial charge in [-0.3, -0.25) is 4.79 Å². The topological polar surface area (TPSA) is 69.0 Å². The summed E-state index contributed by atoms with van der Waals surface area (Å²) in [6.07, 6.45) is 8.51. The Hall–Kier alpha value is -3.51. The van der Waals surface area contributed by atoms with E-state index in [4.69, 9.17) is 9.72 Å². The molecule has 174 valence electrons. The van der Waals surface area contributed by atoms with Crippen molar-refractivity contribution >= 4 is 11.4 Å². The quantitative estimate of drug-likeness (QED) is 0.525. The standard InChI is InChI=1S/C28H30N4O2/c1-18-6-4-7-25(26-8-5-9-27(31-26)32-16-23(15-30-32)20(3)33)28(18)34-17-22-11-10-21-14-29-13-12-24(21)19(22)2/h5,7-11,15-16,29H,4,6,12-14,17H2,1-3H3. The molecule has 2 aliphatic rings. The van der Waals surface area contributed by atoms with Gasteiger partial charge in [0.15, 0.2) is 11.6 Å². The van der Waals surface area contributed by atoms with E-state index in [0.29, 0.717) is 18.0 Å². The number of aromatic nitrogens is 3. The van der Waals surface area contributed by atoms with Gasteiger partial charge in [0.05, 0.1) is 17.5 Å². The summed E-state index contributed by atoms with van der Waals surface area (Å²) >= 11 is 0. The first kappa shape index (κ1) is 22.3. The molecule has 0 atom stereocenters. The van der Waals surface area contributed by atoms with Gasteiger partial charge in [0.25, 0.3) is 0 Å². The fourth-order valence-corrected chi connectivity index (χ4v) is 4.74. The maximum Gasteiger partial charge on any atom is 0.162 e. The molecule has 0 spiro atoms. The SMILES string of the molecule is CC(=O)c1cnn(-c2cccc(C3=CCCC(C)=C3OCc3ccc4c(c3C)CCNC4)n2)c1. The molecule has 34 heavy (non-hydrogen) atoms. The van der Waals surface area contributed by atoms with Gasteiger partial charge in [-0.2, -0.15) is 5.10 Å². The minimum atomic E-state index is -0.0135. The van der Waals surface area contributed by atoms with Crippen LogP contribution in [0.5, 0.6) is 0 Å². The number of rotatable bonds is 6. The molecule has 0 bridgehead atoms. The van der Waals surface area contributed by atoms with Gasteiger partial charge in [-0.1, -0.05) is 24.3 Å². The Kier molecular flexibility index (Phi) is 6.16. The van der Waals surface area contributed by atoms with E-state index in [9.17, 15) is 4.79 Å². The second-order valence-corrected chi connectivity index (χ2v) is 9.08.